The zero-order valence-corrected chi connectivity index (χ0v) is 27.3. The van der Waals surface area contributed by atoms with Crippen LogP contribution in [0, 0.1) is 28.6 Å². The summed E-state index contributed by atoms with van der Waals surface area (Å²) in [6, 6.07) is 0.508. The number of anilines is 2. The van der Waals surface area contributed by atoms with Crippen LogP contribution in [0.25, 0.3) is 0 Å². The third-order valence-corrected chi connectivity index (χ3v) is 9.41. The van der Waals surface area contributed by atoms with E-state index < -0.39 is 58.0 Å². The Kier molecular flexibility index (Phi) is 9.22. The summed E-state index contributed by atoms with van der Waals surface area (Å²) in [6.07, 6.45) is 1.62. The predicted molar refractivity (Wildman–Crippen MR) is 171 cm³/mol. The summed E-state index contributed by atoms with van der Waals surface area (Å²) in [5.41, 5.74) is 2.22. The summed E-state index contributed by atoms with van der Waals surface area (Å²) in [4.78, 5) is 56.3. The Bertz CT molecular complexity index is 1490. The van der Waals surface area contributed by atoms with Crippen LogP contribution in [0.2, 0.25) is 0 Å². The Morgan fingerprint density at radius 1 is 1.07 bits per heavy atom. The van der Waals surface area contributed by atoms with Crippen molar-refractivity contribution in [1.82, 2.24) is 4.90 Å². The fraction of sp³-hybridized carbons (Fsp3) is 0.594. The van der Waals surface area contributed by atoms with Crippen LogP contribution < -0.4 is 21.5 Å². The molecule has 3 aliphatic carbocycles. The number of carbonyl (C=O) groups is 3. The van der Waals surface area contributed by atoms with Gasteiger partial charge in [0.1, 0.15) is 17.0 Å². The van der Waals surface area contributed by atoms with Gasteiger partial charge in [-0.25, -0.2) is 5.84 Å². The van der Waals surface area contributed by atoms with Crippen LogP contribution in [0.1, 0.15) is 62.9 Å². The number of aliphatic hydroxyl groups is 2. The van der Waals surface area contributed by atoms with Crippen LogP contribution in [0.4, 0.5) is 11.4 Å². The molecule has 0 saturated heterocycles. The van der Waals surface area contributed by atoms with Crippen molar-refractivity contribution >= 4 is 28.8 Å². The second-order valence-electron chi connectivity index (χ2n) is 13.9. The molecule has 0 unspecified atom stereocenters. The monoisotopic (exact) mass is 626 g/mol. The maximum atomic E-state index is 14.5. The number of hydrogen-bond donors (Lipinski definition) is 5. The third kappa shape index (κ3) is 5.40. The van der Waals surface area contributed by atoms with E-state index in [0.717, 1.165) is 12.8 Å². The molecule has 1 aromatic carbocycles. The normalized spacial score (nSPS) is 24.8. The van der Waals surface area contributed by atoms with Crippen LogP contribution in [0.15, 0.2) is 33.8 Å². The second-order valence-corrected chi connectivity index (χ2v) is 13.9. The van der Waals surface area contributed by atoms with Crippen molar-refractivity contribution in [2.24, 2.45) is 40.4 Å². The number of primary amides is 1. The molecular formula is C32H46N6O7. The summed E-state index contributed by atoms with van der Waals surface area (Å²) < 4.78 is 0. The van der Waals surface area contributed by atoms with E-state index in [2.05, 4.69) is 32.9 Å². The minimum atomic E-state index is -2.72. The van der Waals surface area contributed by atoms with Crippen LogP contribution in [-0.2, 0) is 16.0 Å². The molecule has 0 radical (unpaired) electrons. The smallest absolute Gasteiger partial charge is 0.255 e. The van der Waals surface area contributed by atoms with Crippen LogP contribution in [0.5, 0.6) is 5.75 Å². The van der Waals surface area contributed by atoms with Crippen molar-refractivity contribution in [2.75, 3.05) is 38.1 Å². The number of hydrogen-bond acceptors (Lipinski definition) is 12. The molecule has 0 heterocycles. The number of likely N-dealkylation sites (N-methyl/N-ethyl adjacent to an activating group) is 1. The van der Waals surface area contributed by atoms with Crippen LogP contribution >= 0.6 is 0 Å². The van der Waals surface area contributed by atoms with Gasteiger partial charge in [-0.2, -0.15) is 0 Å². The number of allylic oxidation sites excluding steroid dienone is 1. The van der Waals surface area contributed by atoms with E-state index in [9.17, 15) is 34.6 Å². The number of Topliss-reactive ketones (excluding diaryl/α,β-unsaturated/α-hetero) is 2. The van der Waals surface area contributed by atoms with E-state index >= 15 is 0 Å². The molecule has 13 heteroatoms. The number of amides is 1. The van der Waals surface area contributed by atoms with Gasteiger partial charge in [0.2, 0.25) is 5.78 Å². The Morgan fingerprint density at radius 2 is 1.64 bits per heavy atom. The Balaban J connectivity index is 1.98. The molecule has 4 atom stereocenters. The van der Waals surface area contributed by atoms with Gasteiger partial charge in [0.15, 0.2) is 17.1 Å². The maximum absolute atomic E-state index is 14.5. The molecule has 0 saturated carbocycles. The zero-order valence-electron chi connectivity index (χ0n) is 27.3. The van der Waals surface area contributed by atoms with E-state index in [-0.39, 0.29) is 41.5 Å². The summed E-state index contributed by atoms with van der Waals surface area (Å²) in [5, 5.41) is 39.3. The van der Waals surface area contributed by atoms with Crippen LogP contribution in [-0.4, -0.2) is 83.6 Å². The fourth-order valence-corrected chi connectivity index (χ4v) is 7.61. The average Bonchev–Trinajstić information content (AvgIpc) is 2.91. The lowest BCUT2D eigenvalue weighted by atomic mass is 9.58. The third-order valence-electron chi connectivity index (χ3n) is 9.41. The van der Waals surface area contributed by atoms with Crippen molar-refractivity contribution < 1.29 is 29.7 Å². The predicted octanol–water partition coefficient (Wildman–Crippen LogP) is 2.54. The number of nitroso groups, excluding NO2 is 1. The molecule has 0 spiro atoms. The van der Waals surface area contributed by atoms with Crippen molar-refractivity contribution in [3.8, 4) is 5.75 Å². The summed E-state index contributed by atoms with van der Waals surface area (Å²) in [7, 11) is 6.78. The van der Waals surface area contributed by atoms with Gasteiger partial charge >= 0.3 is 0 Å². The van der Waals surface area contributed by atoms with Crippen molar-refractivity contribution in [2.45, 2.75) is 71.1 Å². The Morgan fingerprint density at radius 3 is 2.11 bits per heavy atom. The molecule has 7 N–H and O–H groups in total. The number of ketones is 2. The van der Waals surface area contributed by atoms with E-state index in [1.165, 1.54) is 9.91 Å². The zero-order chi connectivity index (χ0) is 33.9. The van der Waals surface area contributed by atoms with Crippen LogP contribution in [0.3, 0.4) is 0 Å². The van der Waals surface area contributed by atoms with Gasteiger partial charge in [-0.3, -0.25) is 19.3 Å². The molecule has 13 nitrogen and oxygen atoms in total. The van der Waals surface area contributed by atoms with Gasteiger partial charge in [-0.1, -0.05) is 27.7 Å². The molecule has 1 amide bonds. The summed E-state index contributed by atoms with van der Waals surface area (Å²) in [5.74, 6) is 1.14. The minimum Gasteiger partial charge on any atom is -0.510 e. The molecule has 45 heavy (non-hydrogen) atoms. The standard InChI is InChI=1S/C32H46N6O7/c1-14(2)9-17(10-15(3)4)38(34)21-13-20(36(5)6)18-11-16-12-19-25(37(7)8)28(41)24(31(33)43)30(42)32(19,44)29(35-45)22(16)27(40)23(18)26(21)39/h13-17,19,25,39,41,44H,9-12,34H2,1-8H3,(H2,33,43)/t16-,19-,25-,32-/m0/s1. The fourth-order valence-electron chi connectivity index (χ4n) is 7.61. The van der Waals surface area contributed by atoms with Gasteiger partial charge in [0.05, 0.1) is 17.3 Å². The van der Waals surface area contributed by atoms with Gasteiger partial charge in [-0.05, 0) is 74.3 Å². The highest BCUT2D eigenvalue weighted by atomic mass is 16.3. The lowest BCUT2D eigenvalue weighted by Gasteiger charge is -2.50. The SMILES string of the molecule is CC(C)CC(CC(C)C)N(N)c1cc(N(C)C)c2c(c1O)C(=O)C1=C(N=O)[C@]3(O)C(=O)C(C(N)=O)=C(O)[C@@H](N(C)C)[C@@H]3C[C@@H]1C2. The topological polar surface area (TPSA) is 203 Å². The number of carbonyl (C=O) groups excluding carboxylic acids is 3. The van der Waals surface area contributed by atoms with E-state index in [4.69, 9.17) is 11.6 Å². The molecular weight excluding hydrogens is 580 g/mol. The van der Waals surface area contributed by atoms with E-state index in [0.29, 0.717) is 23.1 Å². The molecule has 4 rings (SSSR count). The van der Waals surface area contributed by atoms with Crippen molar-refractivity contribution in [3.63, 3.8) is 0 Å². The summed E-state index contributed by atoms with van der Waals surface area (Å²) >= 11 is 0. The number of rotatable bonds is 10. The number of phenolic OH excluding ortho intramolecular Hbond substituents is 1. The largest absolute Gasteiger partial charge is 0.510 e. The first-order chi connectivity index (χ1) is 20.9. The van der Waals surface area contributed by atoms with Gasteiger partial charge < -0.3 is 31.0 Å². The Hall–Kier alpha value is -3.81. The molecule has 0 aliphatic heterocycles. The second kappa shape index (κ2) is 12.2. The molecule has 3 aliphatic rings. The first-order valence-electron chi connectivity index (χ1n) is 15.3. The number of nitrogens with two attached hydrogens (primary N) is 2. The average molecular weight is 627 g/mol. The van der Waals surface area contributed by atoms with Gasteiger partial charge in [0, 0.05) is 37.3 Å². The Labute approximate surface area is 263 Å². The van der Waals surface area contributed by atoms with E-state index in [1.54, 1.807) is 34.3 Å². The van der Waals surface area contributed by atoms with E-state index in [1.807, 2.05) is 4.90 Å². The molecule has 0 aromatic heterocycles. The quantitative estimate of drug-likeness (QED) is 0.110. The van der Waals surface area contributed by atoms with Crippen molar-refractivity contribution in [1.29, 1.82) is 0 Å². The number of fused-ring (bicyclic) bond motifs is 3. The molecule has 1 aromatic rings. The number of benzene rings is 1. The maximum Gasteiger partial charge on any atom is 0.255 e. The summed E-state index contributed by atoms with van der Waals surface area (Å²) in [6.45, 7) is 8.32. The number of hydrazine groups is 1. The highest BCUT2D eigenvalue weighted by Crippen LogP contribution is 2.55. The van der Waals surface area contributed by atoms with Crippen molar-refractivity contribution in [3.05, 3.63) is 44.7 Å². The lowest BCUT2D eigenvalue weighted by Crippen LogP contribution is -2.63. The first-order valence-corrected chi connectivity index (χ1v) is 15.3. The molecule has 0 fully saturated rings. The highest BCUT2D eigenvalue weighted by molar-refractivity contribution is 6.25. The van der Waals surface area contributed by atoms with Gasteiger partial charge in [0.25, 0.3) is 5.91 Å². The number of nitrogens with zero attached hydrogens (tertiary/aromatic N) is 4. The first kappa shape index (κ1) is 34.1. The number of aromatic hydroxyl groups is 1. The lowest BCUT2D eigenvalue weighted by molar-refractivity contribution is -0.144. The highest BCUT2D eigenvalue weighted by Gasteiger charge is 2.63. The van der Waals surface area contributed by atoms with Gasteiger partial charge in [-0.15, -0.1) is 4.91 Å². The molecule has 0 bridgehead atoms. The number of aliphatic hydroxyl groups excluding tert-OH is 1. The number of phenols is 1. The molecule has 246 valence electrons. The minimum absolute atomic E-state index is 0.00995.